The normalized spacial score (nSPS) is 11.4. The maximum atomic E-state index is 12.0. The first-order valence-corrected chi connectivity index (χ1v) is 5.58. The Morgan fingerprint density at radius 3 is 2.45 bits per heavy atom. The van der Waals surface area contributed by atoms with Gasteiger partial charge in [0, 0.05) is 18.8 Å². The van der Waals surface area contributed by atoms with E-state index in [1.807, 2.05) is 0 Å². The molecule has 0 aliphatic heterocycles. The lowest BCUT2D eigenvalue weighted by Crippen LogP contribution is -2.17. The van der Waals surface area contributed by atoms with E-state index in [1.54, 1.807) is 13.2 Å². The summed E-state index contributed by atoms with van der Waals surface area (Å²) in [6.45, 7) is 0. The number of hydrogen-bond acceptors (Lipinski definition) is 4. The molecule has 0 aliphatic carbocycles. The highest BCUT2D eigenvalue weighted by molar-refractivity contribution is 5.97. The van der Waals surface area contributed by atoms with Crippen molar-refractivity contribution in [2.75, 3.05) is 0 Å². The van der Waals surface area contributed by atoms with Crippen LogP contribution in [-0.4, -0.2) is 27.1 Å². The molecule has 2 aromatic rings. The van der Waals surface area contributed by atoms with Gasteiger partial charge < -0.3 is 4.74 Å². The van der Waals surface area contributed by atoms with Crippen LogP contribution in [-0.2, 0) is 13.5 Å². The number of rotatable bonds is 4. The molecule has 20 heavy (non-hydrogen) atoms. The van der Waals surface area contributed by atoms with Crippen LogP contribution in [0.5, 0.6) is 5.75 Å². The average Bonchev–Trinajstić information content (AvgIpc) is 2.73. The lowest BCUT2D eigenvalue weighted by molar-refractivity contribution is -0.274. The first-order chi connectivity index (χ1) is 9.33. The summed E-state index contributed by atoms with van der Waals surface area (Å²) < 4.78 is 41.1. The van der Waals surface area contributed by atoms with Crippen molar-refractivity contribution in [3.05, 3.63) is 41.7 Å². The van der Waals surface area contributed by atoms with Crippen molar-refractivity contribution in [2.45, 2.75) is 12.8 Å². The van der Waals surface area contributed by atoms with Gasteiger partial charge in [0.1, 0.15) is 5.75 Å². The molecule has 0 saturated carbocycles. The van der Waals surface area contributed by atoms with Crippen molar-refractivity contribution >= 4 is 5.78 Å². The van der Waals surface area contributed by atoms with Crippen molar-refractivity contribution < 1.29 is 22.7 Å². The van der Waals surface area contributed by atoms with E-state index in [4.69, 9.17) is 0 Å². The Balaban J connectivity index is 2.04. The van der Waals surface area contributed by atoms with E-state index in [1.165, 1.54) is 16.8 Å². The molecule has 0 atom stereocenters. The van der Waals surface area contributed by atoms with Gasteiger partial charge in [0.15, 0.2) is 5.78 Å². The van der Waals surface area contributed by atoms with E-state index in [9.17, 15) is 18.0 Å². The fourth-order valence-corrected chi connectivity index (χ4v) is 1.59. The molecule has 0 radical (unpaired) electrons. The predicted molar refractivity (Wildman–Crippen MR) is 62.2 cm³/mol. The fourth-order valence-electron chi connectivity index (χ4n) is 1.59. The number of halogens is 3. The van der Waals surface area contributed by atoms with E-state index in [2.05, 4.69) is 15.0 Å². The Hall–Kier alpha value is -2.38. The number of carbonyl (C=O) groups is 1. The monoisotopic (exact) mass is 285 g/mol. The summed E-state index contributed by atoms with van der Waals surface area (Å²) >= 11 is 0. The molecule has 0 amide bonds. The number of ketones is 1. The minimum Gasteiger partial charge on any atom is -0.406 e. The molecule has 0 saturated heterocycles. The van der Waals surface area contributed by atoms with Crippen LogP contribution in [0.3, 0.4) is 0 Å². The Bertz CT molecular complexity index is 605. The number of nitrogens with zero attached hydrogens (tertiary/aromatic N) is 3. The second kappa shape index (κ2) is 5.32. The maximum Gasteiger partial charge on any atom is 0.573 e. The maximum absolute atomic E-state index is 12.0. The predicted octanol–water partition coefficient (Wildman–Crippen LogP) is 2.14. The quantitative estimate of drug-likeness (QED) is 0.808. The summed E-state index contributed by atoms with van der Waals surface area (Å²) in [6, 6.07) is 4.74. The molecule has 2 rings (SSSR count). The lowest BCUT2D eigenvalue weighted by Gasteiger charge is -2.08. The molecule has 1 aromatic carbocycles. The Labute approximate surface area is 112 Å². The standard InChI is InChI=1S/C12H10F3N3O2/c1-18-7-9(16-17-18)6-11(19)8-2-4-10(5-3-8)20-12(13,14)15/h2-5,7H,6H2,1H3. The number of alkyl halides is 3. The fraction of sp³-hybridized carbons (Fsp3) is 0.250. The molecule has 1 aromatic heterocycles. The van der Waals surface area contributed by atoms with Crippen molar-refractivity contribution in [1.29, 1.82) is 0 Å². The van der Waals surface area contributed by atoms with Crippen LogP contribution in [0.4, 0.5) is 13.2 Å². The number of hydrogen-bond donors (Lipinski definition) is 0. The van der Waals surface area contributed by atoms with Crippen molar-refractivity contribution in [1.82, 2.24) is 15.0 Å². The second-order valence-corrected chi connectivity index (χ2v) is 4.06. The first-order valence-electron chi connectivity index (χ1n) is 5.58. The molecule has 0 spiro atoms. The molecule has 8 heteroatoms. The van der Waals surface area contributed by atoms with Crippen LogP contribution in [0.2, 0.25) is 0 Å². The van der Waals surface area contributed by atoms with Crippen LogP contribution in [0.1, 0.15) is 16.1 Å². The van der Waals surface area contributed by atoms with Crippen molar-refractivity contribution in [3.63, 3.8) is 0 Å². The molecule has 1 heterocycles. The summed E-state index contributed by atoms with van der Waals surface area (Å²) in [6.07, 6.45) is -3.11. The van der Waals surface area contributed by atoms with Gasteiger partial charge in [0.25, 0.3) is 0 Å². The number of aryl methyl sites for hydroxylation is 1. The highest BCUT2D eigenvalue weighted by Crippen LogP contribution is 2.23. The van der Waals surface area contributed by atoms with Crippen LogP contribution >= 0.6 is 0 Å². The molecule has 0 aliphatic rings. The second-order valence-electron chi connectivity index (χ2n) is 4.06. The van der Waals surface area contributed by atoms with Crippen LogP contribution < -0.4 is 4.74 Å². The van der Waals surface area contributed by atoms with Gasteiger partial charge in [0.05, 0.1) is 12.1 Å². The Morgan fingerprint density at radius 2 is 1.95 bits per heavy atom. The van der Waals surface area contributed by atoms with Gasteiger partial charge in [0.2, 0.25) is 0 Å². The SMILES string of the molecule is Cn1cc(CC(=O)c2ccc(OC(F)(F)F)cc2)nn1. The van der Waals surface area contributed by atoms with E-state index < -0.39 is 6.36 Å². The van der Waals surface area contributed by atoms with Gasteiger partial charge in [-0.2, -0.15) is 0 Å². The Morgan fingerprint density at radius 1 is 1.30 bits per heavy atom. The number of benzene rings is 1. The van der Waals surface area contributed by atoms with Crippen molar-refractivity contribution in [2.24, 2.45) is 7.05 Å². The molecule has 0 N–H and O–H groups in total. The van der Waals surface area contributed by atoms with Crippen LogP contribution in [0.25, 0.3) is 0 Å². The van der Waals surface area contributed by atoms with E-state index in [-0.39, 0.29) is 23.5 Å². The smallest absolute Gasteiger partial charge is 0.406 e. The summed E-state index contributed by atoms with van der Waals surface area (Å²) in [5.74, 6) is -0.627. The van der Waals surface area contributed by atoms with Gasteiger partial charge in [-0.05, 0) is 24.3 Å². The third-order valence-electron chi connectivity index (χ3n) is 2.40. The molecular formula is C12H10F3N3O2. The van der Waals surface area contributed by atoms with Gasteiger partial charge in [-0.3, -0.25) is 9.48 Å². The zero-order valence-electron chi connectivity index (χ0n) is 10.4. The van der Waals surface area contributed by atoms with Gasteiger partial charge in [-0.15, -0.1) is 18.3 Å². The third-order valence-corrected chi connectivity index (χ3v) is 2.40. The van der Waals surface area contributed by atoms with E-state index >= 15 is 0 Å². The molecule has 0 bridgehead atoms. The van der Waals surface area contributed by atoms with E-state index in [0.717, 1.165) is 12.1 Å². The molecule has 5 nitrogen and oxygen atoms in total. The average molecular weight is 285 g/mol. The first kappa shape index (κ1) is 14.0. The molecule has 0 unspecified atom stereocenters. The number of Topliss-reactive ketones (excluding diaryl/α,β-unsaturated/α-hetero) is 1. The van der Waals surface area contributed by atoms with Gasteiger partial charge in [-0.25, -0.2) is 0 Å². The lowest BCUT2D eigenvalue weighted by atomic mass is 10.1. The largest absolute Gasteiger partial charge is 0.573 e. The van der Waals surface area contributed by atoms with Crippen molar-refractivity contribution in [3.8, 4) is 5.75 Å². The third kappa shape index (κ3) is 3.81. The van der Waals surface area contributed by atoms with E-state index in [0.29, 0.717) is 5.69 Å². The van der Waals surface area contributed by atoms with Gasteiger partial charge in [-0.1, -0.05) is 5.21 Å². The van der Waals surface area contributed by atoms with Crippen LogP contribution in [0.15, 0.2) is 30.5 Å². The zero-order valence-corrected chi connectivity index (χ0v) is 10.4. The summed E-state index contributed by atoms with van der Waals surface area (Å²) in [5, 5.41) is 7.45. The molecular weight excluding hydrogens is 275 g/mol. The molecule has 0 fully saturated rings. The highest BCUT2D eigenvalue weighted by Gasteiger charge is 2.31. The summed E-state index contributed by atoms with van der Waals surface area (Å²) in [5.41, 5.74) is 0.776. The zero-order chi connectivity index (χ0) is 14.8. The minimum absolute atomic E-state index is 0.0350. The number of carbonyl (C=O) groups excluding carboxylic acids is 1. The summed E-state index contributed by atoms with van der Waals surface area (Å²) in [7, 11) is 1.67. The highest BCUT2D eigenvalue weighted by atomic mass is 19.4. The van der Waals surface area contributed by atoms with Gasteiger partial charge >= 0.3 is 6.36 Å². The summed E-state index contributed by atoms with van der Waals surface area (Å²) in [4.78, 5) is 11.9. The topological polar surface area (TPSA) is 57.0 Å². The van der Waals surface area contributed by atoms with Crippen LogP contribution in [0, 0.1) is 0 Å². The minimum atomic E-state index is -4.74. The molecule has 106 valence electrons. The Kier molecular flexibility index (Phi) is 3.73. The number of aromatic nitrogens is 3. The number of ether oxygens (including phenoxy) is 1.